The fraction of sp³-hybridized carbons (Fsp3) is 0.818. The molecule has 0 bridgehead atoms. The summed E-state index contributed by atoms with van der Waals surface area (Å²) in [6, 6.07) is 0.117. The molecule has 94 valence electrons. The second kappa shape index (κ2) is 6.48. The van der Waals surface area contributed by atoms with Crippen LogP contribution in [0, 0.1) is 0 Å². The highest BCUT2D eigenvalue weighted by atomic mass is 16.2. The molecule has 0 rings (SSSR count). The van der Waals surface area contributed by atoms with Gasteiger partial charge in [-0.25, -0.2) is 0 Å². The molecule has 1 unspecified atom stereocenters. The van der Waals surface area contributed by atoms with Crippen LogP contribution in [0.4, 0.5) is 0 Å². The monoisotopic (exact) mass is 229 g/mol. The fourth-order valence-corrected chi connectivity index (χ4v) is 1.50. The summed E-state index contributed by atoms with van der Waals surface area (Å²) >= 11 is 0. The van der Waals surface area contributed by atoms with Gasteiger partial charge in [0.2, 0.25) is 11.8 Å². The summed E-state index contributed by atoms with van der Waals surface area (Å²) in [7, 11) is 0. The molecule has 5 nitrogen and oxygen atoms in total. The molecule has 0 spiro atoms. The van der Waals surface area contributed by atoms with Crippen molar-refractivity contribution in [2.24, 2.45) is 11.5 Å². The zero-order valence-corrected chi connectivity index (χ0v) is 10.4. The Kier molecular flexibility index (Phi) is 6.03. The molecule has 0 fully saturated rings. The van der Waals surface area contributed by atoms with Gasteiger partial charge in [0.25, 0.3) is 0 Å². The molecule has 0 aromatic heterocycles. The lowest BCUT2D eigenvalue weighted by Crippen LogP contribution is -2.46. The highest BCUT2D eigenvalue weighted by molar-refractivity contribution is 5.79. The molecule has 0 saturated carbocycles. The summed E-state index contributed by atoms with van der Waals surface area (Å²) in [5.74, 6) is -0.479. The molecule has 0 aliphatic rings. The van der Waals surface area contributed by atoms with Crippen molar-refractivity contribution < 1.29 is 9.59 Å². The Bertz CT molecular complexity index is 250. The first-order chi connectivity index (χ1) is 7.23. The van der Waals surface area contributed by atoms with Crippen LogP contribution in [-0.4, -0.2) is 23.4 Å². The van der Waals surface area contributed by atoms with E-state index in [9.17, 15) is 9.59 Å². The van der Waals surface area contributed by atoms with Gasteiger partial charge in [-0.3, -0.25) is 9.59 Å². The lowest BCUT2D eigenvalue weighted by molar-refractivity contribution is -0.124. The summed E-state index contributed by atoms with van der Waals surface area (Å²) in [5.41, 5.74) is 10.1. The van der Waals surface area contributed by atoms with E-state index in [1.807, 2.05) is 6.92 Å². The Labute approximate surface area is 96.9 Å². The Balaban J connectivity index is 3.89. The van der Waals surface area contributed by atoms with E-state index < -0.39 is 11.4 Å². The minimum atomic E-state index is -0.572. The first-order valence-corrected chi connectivity index (χ1v) is 5.58. The van der Waals surface area contributed by atoms with E-state index in [1.54, 1.807) is 13.8 Å². The average molecular weight is 229 g/mol. The minimum Gasteiger partial charge on any atom is -0.370 e. The number of hydrogen-bond donors (Lipinski definition) is 3. The maximum Gasteiger partial charge on any atom is 0.220 e. The maximum atomic E-state index is 11.5. The molecule has 0 aromatic rings. The van der Waals surface area contributed by atoms with Gasteiger partial charge in [0, 0.05) is 24.4 Å². The van der Waals surface area contributed by atoms with Crippen LogP contribution >= 0.6 is 0 Å². The molecule has 5 heteroatoms. The molecule has 5 N–H and O–H groups in total. The van der Waals surface area contributed by atoms with Gasteiger partial charge in [0.1, 0.15) is 0 Å². The number of carbonyl (C=O) groups excluding carboxylic acids is 2. The zero-order valence-electron chi connectivity index (χ0n) is 10.4. The van der Waals surface area contributed by atoms with Crippen molar-refractivity contribution in [3.63, 3.8) is 0 Å². The normalized spacial score (nSPS) is 13.2. The first-order valence-electron chi connectivity index (χ1n) is 5.58. The van der Waals surface area contributed by atoms with Crippen LogP contribution in [0.25, 0.3) is 0 Å². The number of nitrogens with two attached hydrogens (primary N) is 2. The Morgan fingerprint density at radius 2 is 1.94 bits per heavy atom. The molecule has 1 atom stereocenters. The SMILES string of the molecule is CC(N)CCCC(=O)NC(C)(C)CC(N)=O. The summed E-state index contributed by atoms with van der Waals surface area (Å²) in [4.78, 5) is 22.3. The van der Waals surface area contributed by atoms with Crippen molar-refractivity contribution in [2.45, 2.75) is 58.0 Å². The third-order valence-corrected chi connectivity index (χ3v) is 2.16. The summed E-state index contributed by atoms with van der Waals surface area (Å²) in [6.07, 6.45) is 2.16. The maximum absolute atomic E-state index is 11.5. The van der Waals surface area contributed by atoms with E-state index in [1.165, 1.54) is 0 Å². The minimum absolute atomic E-state index is 0.0631. The quantitative estimate of drug-likeness (QED) is 0.584. The van der Waals surface area contributed by atoms with Crippen LogP contribution in [0.3, 0.4) is 0 Å². The van der Waals surface area contributed by atoms with E-state index in [0.717, 1.165) is 12.8 Å². The largest absolute Gasteiger partial charge is 0.370 e. The van der Waals surface area contributed by atoms with Crippen molar-refractivity contribution in [3.05, 3.63) is 0 Å². The molecule has 0 heterocycles. The van der Waals surface area contributed by atoms with Crippen molar-refractivity contribution >= 4 is 11.8 Å². The predicted molar refractivity (Wildman–Crippen MR) is 63.5 cm³/mol. The van der Waals surface area contributed by atoms with Crippen molar-refractivity contribution in [2.75, 3.05) is 0 Å². The highest BCUT2D eigenvalue weighted by Crippen LogP contribution is 2.08. The van der Waals surface area contributed by atoms with Gasteiger partial charge >= 0.3 is 0 Å². The van der Waals surface area contributed by atoms with Gasteiger partial charge in [-0.15, -0.1) is 0 Å². The number of hydrogen-bond acceptors (Lipinski definition) is 3. The second-order valence-electron chi connectivity index (χ2n) is 4.94. The molecule has 2 amide bonds. The molecule has 0 aromatic carbocycles. The molecule has 0 radical (unpaired) electrons. The van der Waals surface area contributed by atoms with Gasteiger partial charge in [-0.2, -0.15) is 0 Å². The first kappa shape index (κ1) is 14.9. The lowest BCUT2D eigenvalue weighted by atomic mass is 10.00. The Morgan fingerprint density at radius 1 is 1.38 bits per heavy atom. The van der Waals surface area contributed by atoms with Crippen molar-refractivity contribution in [1.29, 1.82) is 0 Å². The third-order valence-electron chi connectivity index (χ3n) is 2.16. The van der Waals surface area contributed by atoms with Crippen LogP contribution < -0.4 is 16.8 Å². The summed E-state index contributed by atoms with van der Waals surface area (Å²) in [5, 5.41) is 2.78. The standard InChI is InChI=1S/C11H23N3O2/c1-8(12)5-4-6-10(16)14-11(2,3)7-9(13)15/h8H,4-7,12H2,1-3H3,(H2,13,15)(H,14,16). The van der Waals surface area contributed by atoms with Crippen LogP contribution in [-0.2, 0) is 9.59 Å². The van der Waals surface area contributed by atoms with Crippen LogP contribution in [0.2, 0.25) is 0 Å². The lowest BCUT2D eigenvalue weighted by Gasteiger charge is -2.24. The van der Waals surface area contributed by atoms with Gasteiger partial charge < -0.3 is 16.8 Å². The predicted octanol–water partition coefficient (Wildman–Crippen LogP) is 0.274. The molecular formula is C11H23N3O2. The zero-order chi connectivity index (χ0) is 12.8. The molecule has 16 heavy (non-hydrogen) atoms. The van der Waals surface area contributed by atoms with E-state index in [-0.39, 0.29) is 18.4 Å². The molecule has 0 saturated heterocycles. The van der Waals surface area contributed by atoms with Crippen molar-refractivity contribution in [1.82, 2.24) is 5.32 Å². The van der Waals surface area contributed by atoms with Gasteiger partial charge in [0.05, 0.1) is 0 Å². The van der Waals surface area contributed by atoms with Gasteiger partial charge in [-0.05, 0) is 33.6 Å². The van der Waals surface area contributed by atoms with Gasteiger partial charge in [-0.1, -0.05) is 0 Å². The van der Waals surface area contributed by atoms with E-state index in [2.05, 4.69) is 5.32 Å². The van der Waals surface area contributed by atoms with Gasteiger partial charge in [0.15, 0.2) is 0 Å². The highest BCUT2D eigenvalue weighted by Gasteiger charge is 2.22. The van der Waals surface area contributed by atoms with E-state index in [0.29, 0.717) is 6.42 Å². The smallest absolute Gasteiger partial charge is 0.220 e. The fourth-order valence-electron chi connectivity index (χ4n) is 1.50. The molecule has 0 aliphatic carbocycles. The second-order valence-corrected chi connectivity index (χ2v) is 4.94. The Morgan fingerprint density at radius 3 is 2.38 bits per heavy atom. The summed E-state index contributed by atoms with van der Waals surface area (Å²) < 4.78 is 0. The number of primary amides is 1. The third kappa shape index (κ3) is 8.23. The summed E-state index contributed by atoms with van der Waals surface area (Å²) in [6.45, 7) is 5.47. The van der Waals surface area contributed by atoms with Crippen LogP contribution in [0.1, 0.15) is 46.5 Å². The van der Waals surface area contributed by atoms with Crippen LogP contribution in [0.5, 0.6) is 0 Å². The number of amides is 2. The van der Waals surface area contributed by atoms with E-state index >= 15 is 0 Å². The molecule has 0 aliphatic heterocycles. The topological polar surface area (TPSA) is 98.2 Å². The Hall–Kier alpha value is -1.10. The average Bonchev–Trinajstić information content (AvgIpc) is 1.98. The van der Waals surface area contributed by atoms with Crippen LogP contribution in [0.15, 0.2) is 0 Å². The molecular weight excluding hydrogens is 206 g/mol. The number of rotatable bonds is 7. The number of carbonyl (C=O) groups is 2. The van der Waals surface area contributed by atoms with Crippen molar-refractivity contribution in [3.8, 4) is 0 Å². The van der Waals surface area contributed by atoms with E-state index in [4.69, 9.17) is 11.5 Å². The number of nitrogens with one attached hydrogen (secondary N) is 1.